The molecule has 0 aliphatic carbocycles. The number of fused-ring (bicyclic) bond motifs is 1. The first-order valence-electron chi connectivity index (χ1n) is 11.5. The van der Waals surface area contributed by atoms with E-state index in [1.54, 1.807) is 18.2 Å². The van der Waals surface area contributed by atoms with E-state index < -0.39 is 17.8 Å². The van der Waals surface area contributed by atoms with Crippen molar-refractivity contribution in [2.24, 2.45) is 5.10 Å². The molecule has 2 heterocycles. The van der Waals surface area contributed by atoms with E-state index >= 15 is 0 Å². The third-order valence-electron chi connectivity index (χ3n) is 6.45. The minimum absolute atomic E-state index is 0.169. The quantitative estimate of drug-likeness (QED) is 0.332. The van der Waals surface area contributed by atoms with Gasteiger partial charge < -0.3 is 4.98 Å². The Kier molecular flexibility index (Phi) is 6.37. The number of alkyl halides is 3. The maximum absolute atomic E-state index is 13.4. The third-order valence-corrected chi connectivity index (χ3v) is 6.69. The monoisotopic (exact) mass is 523 g/mol. The number of rotatable bonds is 4. The van der Waals surface area contributed by atoms with Crippen molar-refractivity contribution < 1.29 is 18.0 Å². The van der Waals surface area contributed by atoms with Crippen molar-refractivity contribution in [1.82, 2.24) is 9.99 Å². The van der Waals surface area contributed by atoms with Crippen molar-refractivity contribution in [3.63, 3.8) is 0 Å². The lowest BCUT2D eigenvalue weighted by molar-refractivity contribution is -0.137. The van der Waals surface area contributed by atoms with Crippen molar-refractivity contribution >= 4 is 34.1 Å². The van der Waals surface area contributed by atoms with Gasteiger partial charge in [0.1, 0.15) is 0 Å². The fourth-order valence-electron chi connectivity index (χ4n) is 4.73. The maximum atomic E-state index is 13.4. The van der Waals surface area contributed by atoms with Crippen LogP contribution in [-0.2, 0) is 17.4 Å². The van der Waals surface area contributed by atoms with E-state index in [4.69, 9.17) is 11.6 Å². The molecule has 188 valence electrons. The second-order valence-corrected chi connectivity index (χ2v) is 9.35. The minimum Gasteiger partial charge on any atom is -0.321 e. The van der Waals surface area contributed by atoms with Gasteiger partial charge in [-0.1, -0.05) is 54.1 Å². The number of carbonyl (C=O) groups is 1. The molecule has 9 heteroatoms. The molecule has 1 amide bonds. The van der Waals surface area contributed by atoms with Gasteiger partial charge in [0.2, 0.25) is 5.91 Å². The molecule has 1 N–H and O–H groups in total. The molecular formula is C28H21ClF3N3O2. The molecule has 0 saturated heterocycles. The SMILES string of the molecule is CC(=O)N1N=C(c2c(Cc3ccccc3)c3cc(Cl)ccc3[nH]c2=O)CC1c1ccc(C(F)(F)F)cc1. The van der Waals surface area contributed by atoms with E-state index in [9.17, 15) is 22.8 Å². The predicted octanol–water partition coefficient (Wildman–Crippen LogP) is 6.49. The second kappa shape index (κ2) is 9.52. The fraction of sp³-hybridized carbons (Fsp3) is 0.179. The number of pyridine rings is 1. The Balaban J connectivity index is 1.63. The summed E-state index contributed by atoms with van der Waals surface area (Å²) >= 11 is 6.30. The molecule has 1 aromatic heterocycles. The first kappa shape index (κ1) is 24.8. The van der Waals surface area contributed by atoms with E-state index in [0.29, 0.717) is 39.4 Å². The van der Waals surface area contributed by atoms with E-state index in [0.717, 1.165) is 23.1 Å². The highest BCUT2D eigenvalue weighted by molar-refractivity contribution is 6.31. The number of halogens is 4. The molecule has 1 atom stereocenters. The van der Waals surface area contributed by atoms with Gasteiger partial charge in [-0.05, 0) is 53.4 Å². The number of hydrazone groups is 1. The van der Waals surface area contributed by atoms with Gasteiger partial charge in [0, 0.05) is 29.3 Å². The Hall–Kier alpha value is -3.91. The van der Waals surface area contributed by atoms with Gasteiger partial charge in [0.15, 0.2) is 0 Å². The Labute approximate surface area is 215 Å². The smallest absolute Gasteiger partial charge is 0.321 e. The van der Waals surface area contributed by atoms with Gasteiger partial charge in [-0.25, -0.2) is 5.01 Å². The highest BCUT2D eigenvalue weighted by atomic mass is 35.5. The van der Waals surface area contributed by atoms with Crippen LogP contribution in [0.2, 0.25) is 5.02 Å². The van der Waals surface area contributed by atoms with Crippen LogP contribution < -0.4 is 5.56 Å². The Morgan fingerprint density at radius 3 is 2.43 bits per heavy atom. The predicted molar refractivity (Wildman–Crippen MR) is 137 cm³/mol. The number of aromatic nitrogens is 1. The van der Waals surface area contributed by atoms with Crippen molar-refractivity contribution in [2.45, 2.75) is 32.0 Å². The highest BCUT2D eigenvalue weighted by Gasteiger charge is 2.35. The molecule has 0 bridgehead atoms. The number of hydrogen-bond acceptors (Lipinski definition) is 3. The highest BCUT2D eigenvalue weighted by Crippen LogP contribution is 2.36. The molecule has 1 aliphatic rings. The number of aromatic amines is 1. The van der Waals surface area contributed by atoms with E-state index in [2.05, 4.69) is 10.1 Å². The van der Waals surface area contributed by atoms with Crippen LogP contribution in [0.1, 0.15) is 47.2 Å². The van der Waals surface area contributed by atoms with Crippen LogP contribution in [-0.4, -0.2) is 21.6 Å². The molecule has 0 fully saturated rings. The number of H-pyrrole nitrogens is 1. The zero-order valence-electron chi connectivity index (χ0n) is 19.6. The minimum atomic E-state index is -4.47. The number of nitrogens with one attached hydrogen (secondary N) is 1. The zero-order chi connectivity index (χ0) is 26.3. The summed E-state index contributed by atoms with van der Waals surface area (Å²) in [7, 11) is 0. The topological polar surface area (TPSA) is 65.5 Å². The summed E-state index contributed by atoms with van der Waals surface area (Å²) in [4.78, 5) is 28.8. The maximum Gasteiger partial charge on any atom is 0.416 e. The van der Waals surface area contributed by atoms with Crippen molar-refractivity contribution in [3.8, 4) is 0 Å². The molecule has 5 nitrogen and oxygen atoms in total. The summed E-state index contributed by atoms with van der Waals surface area (Å²) in [6, 6.07) is 18.8. The Morgan fingerprint density at radius 2 is 1.78 bits per heavy atom. The van der Waals surface area contributed by atoms with Gasteiger partial charge in [-0.2, -0.15) is 18.3 Å². The molecule has 0 radical (unpaired) electrons. The normalized spacial score (nSPS) is 15.8. The molecular weight excluding hydrogens is 503 g/mol. The summed E-state index contributed by atoms with van der Waals surface area (Å²) in [5.74, 6) is -0.384. The van der Waals surface area contributed by atoms with Gasteiger partial charge in [-0.15, -0.1) is 0 Å². The summed E-state index contributed by atoms with van der Waals surface area (Å²) in [5, 5.41) is 6.98. The first-order valence-corrected chi connectivity index (χ1v) is 11.9. The van der Waals surface area contributed by atoms with Crippen LogP contribution in [0.3, 0.4) is 0 Å². The van der Waals surface area contributed by atoms with E-state index in [1.165, 1.54) is 24.1 Å². The van der Waals surface area contributed by atoms with Crippen LogP contribution in [0.25, 0.3) is 10.9 Å². The number of carbonyl (C=O) groups excluding carboxylic acids is 1. The van der Waals surface area contributed by atoms with Crippen LogP contribution in [0.4, 0.5) is 13.2 Å². The van der Waals surface area contributed by atoms with Gasteiger partial charge in [0.05, 0.1) is 22.9 Å². The third kappa shape index (κ3) is 4.89. The molecule has 1 aliphatic heterocycles. The number of nitrogens with zero attached hydrogens (tertiary/aromatic N) is 2. The van der Waals surface area contributed by atoms with Crippen molar-refractivity contribution in [2.75, 3.05) is 0 Å². The van der Waals surface area contributed by atoms with E-state index in [-0.39, 0.29) is 17.9 Å². The lowest BCUT2D eigenvalue weighted by atomic mass is 9.91. The summed E-state index contributed by atoms with van der Waals surface area (Å²) in [6.45, 7) is 1.33. The molecule has 37 heavy (non-hydrogen) atoms. The second-order valence-electron chi connectivity index (χ2n) is 8.91. The van der Waals surface area contributed by atoms with Crippen molar-refractivity contribution in [1.29, 1.82) is 0 Å². The molecule has 5 rings (SSSR count). The molecule has 1 unspecified atom stereocenters. The van der Waals surface area contributed by atoms with Crippen LogP contribution in [0.15, 0.2) is 82.7 Å². The van der Waals surface area contributed by atoms with Gasteiger partial charge in [0.25, 0.3) is 5.56 Å². The Bertz CT molecular complexity index is 1580. The molecule has 3 aromatic carbocycles. The average Bonchev–Trinajstić information content (AvgIpc) is 3.30. The number of hydrogen-bond donors (Lipinski definition) is 1. The number of benzene rings is 3. The summed E-state index contributed by atoms with van der Waals surface area (Å²) < 4.78 is 39.2. The molecule has 0 saturated carbocycles. The molecule has 0 spiro atoms. The fourth-order valence-corrected chi connectivity index (χ4v) is 4.90. The van der Waals surface area contributed by atoms with E-state index in [1.807, 2.05) is 30.3 Å². The lowest BCUT2D eigenvalue weighted by Gasteiger charge is -2.21. The largest absolute Gasteiger partial charge is 0.416 e. The first-order chi connectivity index (χ1) is 17.6. The Morgan fingerprint density at radius 1 is 1.08 bits per heavy atom. The average molecular weight is 524 g/mol. The standard InChI is InChI=1S/C28H21ClF3N3O2/c1-16(36)35-25(18-7-9-19(10-8-18)28(30,31)32)15-24(34-35)26-22(13-17-5-3-2-4-6-17)21-14-20(29)11-12-23(21)33-27(26)37/h2-12,14,25H,13,15H2,1H3,(H,33,37). The summed E-state index contributed by atoms with van der Waals surface area (Å²) in [6.07, 6.45) is -3.88. The van der Waals surface area contributed by atoms with Crippen LogP contribution in [0, 0.1) is 0 Å². The number of amides is 1. The van der Waals surface area contributed by atoms with Crippen LogP contribution in [0.5, 0.6) is 0 Å². The van der Waals surface area contributed by atoms with Crippen molar-refractivity contribution in [3.05, 3.63) is 116 Å². The van der Waals surface area contributed by atoms with Gasteiger partial charge >= 0.3 is 6.18 Å². The van der Waals surface area contributed by atoms with Crippen LogP contribution >= 0.6 is 11.6 Å². The molecule has 4 aromatic rings. The summed E-state index contributed by atoms with van der Waals surface area (Å²) in [5.41, 5.74) is 2.36. The zero-order valence-corrected chi connectivity index (χ0v) is 20.4. The van der Waals surface area contributed by atoms with Gasteiger partial charge in [-0.3, -0.25) is 9.59 Å². The lowest BCUT2D eigenvalue weighted by Crippen LogP contribution is -2.24.